The third-order valence-electron chi connectivity index (χ3n) is 8.21. The van der Waals surface area contributed by atoms with E-state index < -0.39 is 0 Å². The molecule has 1 nitrogen and oxygen atoms in total. The summed E-state index contributed by atoms with van der Waals surface area (Å²) in [6, 6.07) is 0. The summed E-state index contributed by atoms with van der Waals surface area (Å²) in [7, 11) is 0. The van der Waals surface area contributed by atoms with Crippen molar-refractivity contribution >= 4 is 6.29 Å². The third-order valence-corrected chi connectivity index (χ3v) is 8.21. The van der Waals surface area contributed by atoms with Crippen LogP contribution >= 0.6 is 0 Å². The van der Waals surface area contributed by atoms with Crippen molar-refractivity contribution in [3.05, 3.63) is 11.6 Å². The zero-order chi connectivity index (χ0) is 15.6. The topological polar surface area (TPSA) is 17.1 Å². The highest BCUT2D eigenvalue weighted by atomic mass is 16.1. The lowest BCUT2D eigenvalue weighted by molar-refractivity contribution is -0.129. The number of carbonyl (C=O) groups excluding carboxylic acids is 1. The molecular formula is C21H32O. The van der Waals surface area contributed by atoms with Gasteiger partial charge in [-0.15, -0.1) is 0 Å². The van der Waals surface area contributed by atoms with Crippen LogP contribution in [-0.2, 0) is 4.79 Å². The van der Waals surface area contributed by atoms with Crippen molar-refractivity contribution in [2.24, 2.45) is 34.0 Å². The number of aldehydes is 1. The molecule has 4 aliphatic carbocycles. The van der Waals surface area contributed by atoms with Crippen LogP contribution in [0.15, 0.2) is 11.6 Å². The Balaban J connectivity index is 1.84. The van der Waals surface area contributed by atoms with E-state index >= 15 is 0 Å². The fourth-order valence-electron chi connectivity index (χ4n) is 7.27. The minimum atomic E-state index is -0.0810. The Morgan fingerprint density at radius 3 is 2.59 bits per heavy atom. The molecular weight excluding hydrogens is 268 g/mol. The molecule has 3 saturated carbocycles. The highest BCUT2D eigenvalue weighted by Crippen LogP contribution is 2.68. The molecule has 0 aromatic carbocycles. The monoisotopic (exact) mass is 300 g/mol. The van der Waals surface area contributed by atoms with Crippen molar-refractivity contribution < 1.29 is 4.79 Å². The highest BCUT2D eigenvalue weighted by molar-refractivity contribution is 5.67. The lowest BCUT2D eigenvalue weighted by Gasteiger charge is -2.60. The molecule has 0 radical (unpaired) electrons. The molecule has 0 N–H and O–H groups in total. The molecule has 0 heterocycles. The molecule has 0 unspecified atom stereocenters. The van der Waals surface area contributed by atoms with E-state index in [0.717, 1.165) is 18.3 Å². The van der Waals surface area contributed by atoms with Crippen molar-refractivity contribution in [1.82, 2.24) is 0 Å². The number of fused-ring (bicyclic) bond motifs is 5. The SMILES string of the molecule is CC1(C)C=C2CCCC[C@]2(C=O)[C@@H]2CC[C@]3(C)CCC[C@H]3[C@@H]21. The molecule has 5 atom stereocenters. The molecule has 0 saturated heterocycles. The molecule has 0 spiro atoms. The summed E-state index contributed by atoms with van der Waals surface area (Å²) < 4.78 is 0. The number of hydrogen-bond acceptors (Lipinski definition) is 1. The largest absolute Gasteiger partial charge is 0.302 e. The van der Waals surface area contributed by atoms with Crippen LogP contribution in [0.25, 0.3) is 0 Å². The zero-order valence-corrected chi connectivity index (χ0v) is 14.7. The summed E-state index contributed by atoms with van der Waals surface area (Å²) >= 11 is 0. The highest BCUT2D eigenvalue weighted by Gasteiger charge is 2.61. The van der Waals surface area contributed by atoms with Gasteiger partial charge in [-0.2, -0.15) is 0 Å². The molecule has 1 heteroatoms. The van der Waals surface area contributed by atoms with Gasteiger partial charge in [-0.05, 0) is 73.5 Å². The van der Waals surface area contributed by atoms with Gasteiger partial charge in [-0.1, -0.05) is 45.3 Å². The van der Waals surface area contributed by atoms with Gasteiger partial charge in [0.25, 0.3) is 0 Å². The van der Waals surface area contributed by atoms with Crippen LogP contribution < -0.4 is 0 Å². The van der Waals surface area contributed by atoms with Gasteiger partial charge in [0.2, 0.25) is 0 Å². The molecule has 0 aromatic rings. The Kier molecular flexibility index (Phi) is 3.20. The second-order valence-electron chi connectivity index (χ2n) is 9.68. The summed E-state index contributed by atoms with van der Waals surface area (Å²) in [5, 5.41) is 0. The molecule has 0 aromatic heterocycles. The van der Waals surface area contributed by atoms with Crippen LogP contribution in [0.2, 0.25) is 0 Å². The fraction of sp³-hybridized carbons (Fsp3) is 0.857. The Morgan fingerprint density at radius 1 is 1.00 bits per heavy atom. The lowest BCUT2D eigenvalue weighted by Crippen LogP contribution is -2.55. The molecule has 22 heavy (non-hydrogen) atoms. The van der Waals surface area contributed by atoms with Gasteiger partial charge < -0.3 is 4.79 Å². The number of hydrogen-bond donors (Lipinski definition) is 0. The van der Waals surface area contributed by atoms with Crippen molar-refractivity contribution in [3.63, 3.8) is 0 Å². The average Bonchev–Trinajstić information content (AvgIpc) is 2.88. The molecule has 3 fully saturated rings. The second kappa shape index (κ2) is 4.71. The van der Waals surface area contributed by atoms with Gasteiger partial charge in [-0.25, -0.2) is 0 Å². The second-order valence-corrected chi connectivity index (χ2v) is 9.68. The van der Waals surface area contributed by atoms with Gasteiger partial charge in [0.1, 0.15) is 6.29 Å². The molecule has 0 bridgehead atoms. The average molecular weight is 300 g/mol. The van der Waals surface area contributed by atoms with Crippen LogP contribution in [0.3, 0.4) is 0 Å². The summed E-state index contributed by atoms with van der Waals surface area (Å²) in [6.45, 7) is 7.47. The Labute approximate surface area is 135 Å². The Morgan fingerprint density at radius 2 is 1.82 bits per heavy atom. The molecule has 4 aliphatic rings. The standard InChI is InChI=1S/C21H32O/c1-19(2)13-15-7-4-5-11-21(15,14-22)17-9-12-20(3)10-6-8-16(20)18(17)19/h13-14,16-18H,4-12H2,1-3H3/t16-,17+,18-,20-,21+/m0/s1. The number of carbonyl (C=O) groups is 1. The van der Waals surface area contributed by atoms with Crippen LogP contribution in [0.1, 0.15) is 78.6 Å². The lowest BCUT2D eigenvalue weighted by atomic mass is 9.43. The van der Waals surface area contributed by atoms with Crippen molar-refractivity contribution in [2.75, 3.05) is 0 Å². The van der Waals surface area contributed by atoms with E-state index in [0.29, 0.717) is 11.3 Å². The normalized spacial score (nSPS) is 49.6. The first-order valence-electron chi connectivity index (χ1n) is 9.62. The Hall–Kier alpha value is -0.590. The number of allylic oxidation sites excluding steroid dienone is 2. The Bertz CT molecular complexity index is 516. The van der Waals surface area contributed by atoms with Crippen LogP contribution in [0.5, 0.6) is 0 Å². The maximum absolute atomic E-state index is 12.3. The van der Waals surface area contributed by atoms with E-state index in [2.05, 4.69) is 26.8 Å². The fourth-order valence-corrected chi connectivity index (χ4v) is 7.27. The predicted molar refractivity (Wildman–Crippen MR) is 90.5 cm³/mol. The van der Waals surface area contributed by atoms with Gasteiger partial charge in [0.15, 0.2) is 0 Å². The quantitative estimate of drug-likeness (QED) is 0.458. The van der Waals surface area contributed by atoms with E-state index in [9.17, 15) is 4.79 Å². The van der Waals surface area contributed by atoms with Crippen LogP contribution in [0.4, 0.5) is 0 Å². The smallest absolute Gasteiger partial charge is 0.130 e. The predicted octanol–water partition coefficient (Wildman–Crippen LogP) is 5.54. The first-order valence-corrected chi connectivity index (χ1v) is 9.62. The van der Waals surface area contributed by atoms with E-state index in [1.54, 1.807) is 0 Å². The van der Waals surface area contributed by atoms with Crippen LogP contribution in [-0.4, -0.2) is 6.29 Å². The summed E-state index contributed by atoms with van der Waals surface area (Å²) in [6.07, 6.45) is 15.7. The van der Waals surface area contributed by atoms with Crippen molar-refractivity contribution in [3.8, 4) is 0 Å². The van der Waals surface area contributed by atoms with Gasteiger partial charge in [0.05, 0.1) is 0 Å². The van der Waals surface area contributed by atoms with Crippen molar-refractivity contribution in [1.29, 1.82) is 0 Å². The van der Waals surface area contributed by atoms with Gasteiger partial charge in [0, 0.05) is 5.41 Å². The summed E-state index contributed by atoms with van der Waals surface area (Å²) in [5.74, 6) is 2.19. The minimum absolute atomic E-state index is 0.0810. The molecule has 0 aliphatic heterocycles. The molecule has 0 amide bonds. The van der Waals surface area contributed by atoms with E-state index in [4.69, 9.17) is 0 Å². The van der Waals surface area contributed by atoms with Crippen molar-refractivity contribution in [2.45, 2.75) is 78.6 Å². The zero-order valence-electron chi connectivity index (χ0n) is 14.7. The maximum Gasteiger partial charge on any atom is 0.130 e. The summed E-state index contributed by atoms with van der Waals surface area (Å²) in [4.78, 5) is 12.3. The van der Waals surface area contributed by atoms with Gasteiger partial charge >= 0.3 is 0 Å². The summed E-state index contributed by atoms with van der Waals surface area (Å²) in [5.41, 5.74) is 2.27. The third kappa shape index (κ3) is 1.80. The molecule has 4 rings (SSSR count). The first-order chi connectivity index (χ1) is 10.4. The first kappa shape index (κ1) is 15.0. The van der Waals surface area contributed by atoms with Gasteiger partial charge in [-0.3, -0.25) is 0 Å². The number of rotatable bonds is 1. The maximum atomic E-state index is 12.3. The van der Waals surface area contributed by atoms with E-state index in [1.807, 2.05) is 0 Å². The minimum Gasteiger partial charge on any atom is -0.302 e. The van der Waals surface area contributed by atoms with E-state index in [-0.39, 0.29) is 10.8 Å². The molecule has 122 valence electrons. The van der Waals surface area contributed by atoms with E-state index in [1.165, 1.54) is 63.2 Å². The van der Waals surface area contributed by atoms with Crippen LogP contribution in [0, 0.1) is 34.0 Å².